The number of aromatic nitrogens is 3. The summed E-state index contributed by atoms with van der Waals surface area (Å²) in [6.45, 7) is 0. The van der Waals surface area contributed by atoms with Gasteiger partial charge in [0, 0.05) is 17.1 Å². The number of fused-ring (bicyclic) bond motifs is 6. The van der Waals surface area contributed by atoms with Crippen molar-refractivity contribution in [3.63, 3.8) is 0 Å². The van der Waals surface area contributed by atoms with Crippen molar-refractivity contribution in [1.29, 1.82) is 0 Å². The van der Waals surface area contributed by atoms with Crippen LogP contribution in [0.5, 0.6) is 0 Å². The van der Waals surface area contributed by atoms with E-state index in [1.807, 2.05) is 30.3 Å². The van der Waals surface area contributed by atoms with Gasteiger partial charge < -0.3 is 16.0 Å². The summed E-state index contributed by atoms with van der Waals surface area (Å²) in [6, 6.07) is 13.3. The zero-order valence-corrected chi connectivity index (χ0v) is 19.4. The predicted octanol–water partition coefficient (Wildman–Crippen LogP) is 6.47. The molecule has 0 fully saturated rings. The second-order valence-corrected chi connectivity index (χ2v) is 9.33. The maximum atomic E-state index is 12.5. The van der Waals surface area contributed by atoms with E-state index in [2.05, 4.69) is 48.4 Å². The maximum Gasteiger partial charge on any atom is 0.325 e. The Labute approximate surface area is 203 Å². The summed E-state index contributed by atoms with van der Waals surface area (Å²) in [4.78, 5) is 25.4. The third-order valence-electron chi connectivity index (χ3n) is 4.92. The van der Waals surface area contributed by atoms with Crippen LogP contribution in [0, 0.1) is 0 Å². The molecule has 2 amide bonds. The van der Waals surface area contributed by atoms with Gasteiger partial charge in [-0.05, 0) is 54.3 Å². The average Bonchev–Trinajstić information content (AvgIpc) is 3.20. The highest BCUT2D eigenvalue weighted by atomic mass is 35.5. The average molecular weight is 498 g/mol. The molecule has 166 valence electrons. The number of hydrogen-bond donors (Lipinski definition) is 4. The van der Waals surface area contributed by atoms with Crippen LogP contribution in [0.4, 0.5) is 38.8 Å². The number of carbonyl (C=O) groups excluding carboxylic acids is 1. The summed E-state index contributed by atoms with van der Waals surface area (Å²) in [5, 5.41) is 12.9. The molecule has 33 heavy (non-hydrogen) atoms. The van der Waals surface area contributed by atoms with E-state index >= 15 is 0 Å². The number of aryl methyl sites for hydroxylation is 2. The lowest BCUT2D eigenvalue weighted by Gasteiger charge is -2.14. The first-order chi connectivity index (χ1) is 16.0. The summed E-state index contributed by atoms with van der Waals surface area (Å²) >= 11 is 13.4. The Kier molecular flexibility index (Phi) is 5.99. The fourth-order valence-corrected chi connectivity index (χ4v) is 4.37. The summed E-state index contributed by atoms with van der Waals surface area (Å²) in [5.74, 6) is 0.922. The fourth-order valence-electron chi connectivity index (χ4n) is 3.43. The van der Waals surface area contributed by atoms with Gasteiger partial charge in [0.15, 0.2) is 10.9 Å². The topological polar surface area (TPSA) is 104 Å². The molecular weight excluding hydrogens is 481 g/mol. The molecule has 3 heterocycles. The number of halogens is 2. The van der Waals surface area contributed by atoms with Crippen LogP contribution in [-0.4, -0.2) is 21.0 Å². The van der Waals surface area contributed by atoms with Gasteiger partial charge in [-0.15, -0.1) is 0 Å². The Morgan fingerprint density at radius 3 is 2.70 bits per heavy atom. The van der Waals surface area contributed by atoms with Gasteiger partial charge in [0.25, 0.3) is 0 Å². The van der Waals surface area contributed by atoms with Crippen molar-refractivity contribution in [3.8, 4) is 0 Å². The summed E-state index contributed by atoms with van der Waals surface area (Å²) in [6.07, 6.45) is 4.52. The second kappa shape index (κ2) is 9.22. The molecule has 1 aliphatic heterocycles. The molecule has 0 saturated heterocycles. The quantitative estimate of drug-likeness (QED) is 0.253. The van der Waals surface area contributed by atoms with Gasteiger partial charge in [-0.1, -0.05) is 46.7 Å². The molecule has 6 bridgehead atoms. The number of benzene rings is 2. The summed E-state index contributed by atoms with van der Waals surface area (Å²) in [7, 11) is 0. The van der Waals surface area contributed by atoms with E-state index in [-0.39, 0.29) is 0 Å². The van der Waals surface area contributed by atoms with Crippen molar-refractivity contribution in [2.24, 2.45) is 0 Å². The lowest BCUT2D eigenvalue weighted by molar-refractivity contribution is 0.262. The third-order valence-corrected chi connectivity index (χ3v) is 6.23. The van der Waals surface area contributed by atoms with Gasteiger partial charge in [0.1, 0.15) is 9.36 Å². The van der Waals surface area contributed by atoms with E-state index in [4.69, 9.17) is 23.2 Å². The molecule has 4 N–H and O–H groups in total. The summed E-state index contributed by atoms with van der Waals surface area (Å²) < 4.78 is 0.502. The predicted molar refractivity (Wildman–Crippen MR) is 134 cm³/mol. The van der Waals surface area contributed by atoms with Crippen molar-refractivity contribution in [1.82, 2.24) is 15.0 Å². The molecule has 0 saturated carbocycles. The number of anilines is 6. The van der Waals surface area contributed by atoms with Crippen molar-refractivity contribution >= 4 is 74.5 Å². The van der Waals surface area contributed by atoms with Crippen molar-refractivity contribution in [2.75, 3.05) is 21.3 Å². The first-order valence-electron chi connectivity index (χ1n) is 10.00. The highest BCUT2D eigenvalue weighted by Gasteiger charge is 2.13. The molecule has 1 aliphatic rings. The van der Waals surface area contributed by atoms with Crippen LogP contribution in [-0.2, 0) is 12.8 Å². The Bertz CT molecular complexity index is 1340. The Morgan fingerprint density at radius 1 is 0.970 bits per heavy atom. The molecule has 2 aromatic heterocycles. The zero-order valence-electron chi connectivity index (χ0n) is 17.0. The highest BCUT2D eigenvalue weighted by molar-refractivity contribution is 7.19. The van der Waals surface area contributed by atoms with Crippen LogP contribution in [0.25, 0.3) is 0 Å². The van der Waals surface area contributed by atoms with Gasteiger partial charge >= 0.3 is 6.03 Å². The molecule has 0 unspecified atom stereocenters. The number of nitrogens with zero attached hydrogens (tertiary/aromatic N) is 3. The van der Waals surface area contributed by atoms with Gasteiger partial charge in [-0.2, -0.15) is 4.98 Å². The third kappa shape index (κ3) is 5.16. The number of hydrogen-bond acceptors (Lipinski definition) is 7. The number of amides is 2. The Hall–Kier alpha value is -3.40. The van der Waals surface area contributed by atoms with Crippen LogP contribution in [0.2, 0.25) is 9.36 Å². The molecular formula is C22H17Cl2N7OS. The molecule has 4 aromatic rings. The van der Waals surface area contributed by atoms with Crippen LogP contribution in [0.15, 0.2) is 54.9 Å². The van der Waals surface area contributed by atoms with Gasteiger partial charge in [0.2, 0.25) is 5.95 Å². The van der Waals surface area contributed by atoms with Crippen LogP contribution in [0.1, 0.15) is 11.1 Å². The largest absolute Gasteiger partial charge is 0.339 e. The Morgan fingerprint density at radius 2 is 1.85 bits per heavy atom. The monoisotopic (exact) mass is 497 g/mol. The highest BCUT2D eigenvalue weighted by Crippen LogP contribution is 2.30. The normalized spacial score (nSPS) is 12.3. The standard InChI is InChI=1S/C22H17Cl2N7OS/c23-16-10-25-20-28-14-3-1-2-12(8-14)4-5-13-9-15(27-19(16)30-20)6-7-17(13)29-21(32)31-22-26-11-18(24)33-22/h1-3,6-11H,4-5H2,(H2,25,27,28,30)(H2,26,29,31,32). The molecule has 0 radical (unpaired) electrons. The minimum atomic E-state index is -0.393. The first kappa shape index (κ1) is 21.4. The first-order valence-corrected chi connectivity index (χ1v) is 11.6. The van der Waals surface area contributed by atoms with Crippen LogP contribution in [0.3, 0.4) is 0 Å². The smallest absolute Gasteiger partial charge is 0.325 e. The van der Waals surface area contributed by atoms with Crippen LogP contribution >= 0.6 is 34.5 Å². The molecule has 11 heteroatoms. The number of thiazole rings is 1. The second-order valence-electron chi connectivity index (χ2n) is 7.26. The lowest BCUT2D eigenvalue weighted by Crippen LogP contribution is -2.20. The maximum absolute atomic E-state index is 12.5. The van der Waals surface area contributed by atoms with Gasteiger partial charge in [-0.3, -0.25) is 5.32 Å². The molecule has 2 aromatic carbocycles. The van der Waals surface area contributed by atoms with Crippen molar-refractivity contribution in [3.05, 3.63) is 75.3 Å². The minimum Gasteiger partial charge on any atom is -0.339 e. The fraction of sp³-hybridized carbons (Fsp3) is 0.0909. The minimum absolute atomic E-state index is 0.393. The zero-order chi connectivity index (χ0) is 22.8. The number of urea groups is 1. The lowest BCUT2D eigenvalue weighted by atomic mass is 10.0. The number of carbonyl (C=O) groups is 1. The molecule has 0 atom stereocenters. The number of nitrogens with one attached hydrogen (secondary N) is 4. The molecule has 5 rings (SSSR count). The molecule has 0 aliphatic carbocycles. The van der Waals surface area contributed by atoms with Crippen LogP contribution < -0.4 is 21.3 Å². The SMILES string of the molecule is O=C(Nc1ncc(Cl)s1)Nc1ccc2cc1CCc1cccc(c1)Nc1ncc(Cl)c(n1)N2. The van der Waals surface area contributed by atoms with E-state index < -0.39 is 6.03 Å². The van der Waals surface area contributed by atoms with Gasteiger partial charge in [0.05, 0.1) is 12.4 Å². The van der Waals surface area contributed by atoms with E-state index in [1.54, 1.807) is 6.20 Å². The van der Waals surface area contributed by atoms with E-state index in [0.29, 0.717) is 38.4 Å². The summed E-state index contributed by atoms with van der Waals surface area (Å²) in [5.41, 5.74) is 4.46. The van der Waals surface area contributed by atoms with E-state index in [9.17, 15) is 4.79 Å². The van der Waals surface area contributed by atoms with E-state index in [1.165, 1.54) is 17.5 Å². The molecule has 0 spiro atoms. The molecule has 8 nitrogen and oxygen atoms in total. The van der Waals surface area contributed by atoms with Gasteiger partial charge in [-0.25, -0.2) is 14.8 Å². The Balaban J connectivity index is 1.47. The number of rotatable bonds is 2. The van der Waals surface area contributed by atoms with E-state index in [0.717, 1.165) is 28.9 Å². The van der Waals surface area contributed by atoms with Crippen molar-refractivity contribution < 1.29 is 4.79 Å². The van der Waals surface area contributed by atoms with Crippen molar-refractivity contribution in [2.45, 2.75) is 12.8 Å².